The Morgan fingerprint density at radius 3 is 0.966 bits per heavy atom. The van der Waals surface area contributed by atoms with Crippen LogP contribution in [-0.2, 0) is 101 Å². The summed E-state index contributed by atoms with van der Waals surface area (Å²) in [5.74, 6) is -2.04. The van der Waals surface area contributed by atoms with Crippen molar-refractivity contribution in [1.29, 1.82) is 0 Å². The van der Waals surface area contributed by atoms with Crippen LogP contribution in [0.15, 0.2) is 377 Å². The fraction of sp³-hybridized carbons (Fsp3) is 0.157. The van der Waals surface area contributed by atoms with E-state index in [1.807, 2.05) is 347 Å². The van der Waals surface area contributed by atoms with Crippen LogP contribution in [0.4, 0.5) is 0 Å². The number of hydrogen-bond acceptors (Lipinski definition) is 14. The molecule has 0 amide bonds. The number of esters is 5. The molecule has 604 valence electrons. The van der Waals surface area contributed by atoms with Gasteiger partial charge in [0.15, 0.2) is 0 Å². The molecule has 0 fully saturated rings. The van der Waals surface area contributed by atoms with Crippen molar-refractivity contribution in [3.63, 3.8) is 0 Å². The maximum Gasteiger partial charge on any atom is 0.335 e. The van der Waals surface area contributed by atoms with Crippen molar-refractivity contribution in [2.45, 2.75) is 84.8 Å². The average Bonchev–Trinajstić information content (AvgIpc) is 0.968. The highest BCUT2D eigenvalue weighted by Gasteiger charge is 2.06. The smallest absolute Gasteiger partial charge is 0.335 e. The van der Waals surface area contributed by atoms with E-state index in [0.29, 0.717) is 52.1 Å². The van der Waals surface area contributed by atoms with Crippen LogP contribution in [0.3, 0.4) is 0 Å². The summed E-state index contributed by atoms with van der Waals surface area (Å²) < 4.78 is 24.5. The first-order valence-electron chi connectivity index (χ1n) is 38.3. The number of benzene rings is 11. The first kappa shape index (κ1) is 97.2. The molecule has 11 aromatic carbocycles. The Bertz CT molecular complexity index is 4500. The monoisotopic (exact) mass is 1570 g/mol. The molecule has 0 spiro atoms. The minimum atomic E-state index is -0.742. The van der Waals surface area contributed by atoms with Crippen molar-refractivity contribution in [1.82, 2.24) is 0 Å². The number of carbonyl (C=O) groups is 8. The third-order valence-corrected chi connectivity index (χ3v) is 15.2. The number of aldehydes is 2. The molecule has 11 aromatic rings. The van der Waals surface area contributed by atoms with Crippen molar-refractivity contribution < 1.29 is 72.3 Å². The quantitative estimate of drug-likeness (QED) is 0.0140. The van der Waals surface area contributed by atoms with Gasteiger partial charge in [0.25, 0.3) is 0 Å². The van der Waals surface area contributed by atoms with Crippen LogP contribution in [0.1, 0.15) is 107 Å². The maximum atomic E-state index is 11.6. The first-order valence-corrected chi connectivity index (χ1v) is 38.3. The zero-order valence-electron chi connectivity index (χ0n) is 66.6. The Kier molecular flexibility index (Phi) is 56.2. The lowest BCUT2D eigenvalue weighted by molar-refractivity contribution is -0.145. The molecule has 0 aromatic heterocycles. The van der Waals surface area contributed by atoms with Gasteiger partial charge in [-0.1, -0.05) is 365 Å². The molecule has 0 bridgehead atoms. The number of carboxylic acid groups (broad SMARTS) is 1. The van der Waals surface area contributed by atoms with Crippen LogP contribution in [0.5, 0.6) is 0 Å². The minimum Gasteiger partial charge on any atom is -0.481 e. The van der Waals surface area contributed by atoms with Crippen molar-refractivity contribution in [2.24, 2.45) is 0 Å². The molecule has 15 heteroatoms. The molecule has 0 heterocycles. The highest BCUT2D eigenvalue weighted by atomic mass is 16.5. The Morgan fingerprint density at radius 2 is 0.641 bits per heavy atom. The maximum absolute atomic E-state index is 11.6. The summed E-state index contributed by atoms with van der Waals surface area (Å²) >= 11 is 0. The van der Waals surface area contributed by atoms with Gasteiger partial charge in [-0.05, 0) is 125 Å². The number of aliphatic hydroxyl groups excluding tert-OH is 1. The normalized spacial score (nSPS) is 9.97. The van der Waals surface area contributed by atoms with E-state index >= 15 is 0 Å². The van der Waals surface area contributed by atoms with E-state index in [0.717, 1.165) is 94.6 Å². The molecule has 0 aliphatic rings. The Balaban J connectivity index is 0.000000343. The molecule has 11 rings (SSSR count). The highest BCUT2D eigenvalue weighted by Crippen LogP contribution is 2.11. The standard InChI is InChI=1S/C16H16O2.C16H14O2.C12H16O2.C11H12O2.C11H10O2.C9H10O2.2C9H10O.C9H8O/c2*17-16(12-11-14-7-3-1-4-8-14)18-13-15-9-5-2-6-10-15;1-2-10-14-12(13)9-8-11-6-4-3-5-7-11;2*1-2-13-11(12)9-8-10-6-4-3-5-7-10;10-9(11)7-6-8-4-2-1-3-5-8;3*10-8-4-7-9-5-2-1-3-6-9/h1-10H,11-13H2;1-12H,13H2;3-7H,2,8-10H2,1H3;3-9H,2H2,1H3;2-9H,1H2;1-5H,6-7H2,(H,10,11);1-3,5-6,8H,4,7H2;1-7,10H,8H2;1-8H/b;12-11+;;2*9-8+;;;2*7-4+. The molecule has 15 nitrogen and oxygen atoms in total. The van der Waals surface area contributed by atoms with Crippen molar-refractivity contribution in [2.75, 3.05) is 19.8 Å². The number of carboxylic acids is 1. The fourth-order valence-corrected chi connectivity index (χ4v) is 9.39. The zero-order valence-corrected chi connectivity index (χ0v) is 66.6. The third-order valence-electron chi connectivity index (χ3n) is 15.2. The van der Waals surface area contributed by atoms with Crippen LogP contribution in [0, 0.1) is 0 Å². The van der Waals surface area contributed by atoms with Crippen molar-refractivity contribution in [3.05, 3.63) is 438 Å². The van der Waals surface area contributed by atoms with Crippen LogP contribution >= 0.6 is 0 Å². The van der Waals surface area contributed by atoms with E-state index in [-0.39, 0.29) is 36.9 Å². The summed E-state index contributed by atoms with van der Waals surface area (Å²) in [7, 11) is 0. The number of aliphatic carboxylic acids is 1. The minimum absolute atomic E-state index is 0.101. The van der Waals surface area contributed by atoms with Gasteiger partial charge >= 0.3 is 35.8 Å². The Hall–Kier alpha value is -14.0. The van der Waals surface area contributed by atoms with Gasteiger partial charge in [0.2, 0.25) is 0 Å². The molecule has 0 aliphatic carbocycles. The zero-order chi connectivity index (χ0) is 84.3. The lowest BCUT2D eigenvalue weighted by Gasteiger charge is -2.05. The van der Waals surface area contributed by atoms with Crippen LogP contribution in [0.2, 0.25) is 0 Å². The number of hydrogen-bond donors (Lipinski definition) is 2. The molecule has 0 unspecified atom stereocenters. The molecule has 0 aliphatic heterocycles. The number of aryl methyl sites for hydroxylation is 4. The molecule has 0 saturated heterocycles. The largest absolute Gasteiger partial charge is 0.481 e. The van der Waals surface area contributed by atoms with Gasteiger partial charge < -0.3 is 38.7 Å². The number of carbonyl (C=O) groups excluding carboxylic acids is 7. The molecule has 0 atom stereocenters. The van der Waals surface area contributed by atoms with E-state index in [4.69, 9.17) is 29.2 Å². The average molecular weight is 1570 g/mol. The number of allylic oxidation sites excluding steroid dienone is 1. The number of rotatable bonds is 30. The lowest BCUT2D eigenvalue weighted by Crippen LogP contribution is -2.06. The van der Waals surface area contributed by atoms with E-state index in [2.05, 4.69) is 11.3 Å². The molecule has 0 radical (unpaired) electrons. The van der Waals surface area contributed by atoms with Gasteiger partial charge in [-0.2, -0.15) is 0 Å². The van der Waals surface area contributed by atoms with Crippen molar-refractivity contribution in [3.8, 4) is 0 Å². The van der Waals surface area contributed by atoms with E-state index < -0.39 is 11.9 Å². The SMILES string of the molecule is C=COC(=O)/C=C/c1ccccc1.CCCOC(=O)CCc1ccccc1.CCOC(=O)/C=C/c1ccccc1.O=C(/C=C/c1ccccc1)OCc1ccccc1.O=C(CCc1ccccc1)OCc1ccccc1.O=C(O)CCc1ccccc1.O=C/C=C/c1ccccc1.O=CCCc1ccccc1.OC/C=C/c1ccccc1. The summed E-state index contributed by atoms with van der Waals surface area (Å²) in [6.07, 6.45) is 24.7. The molecule has 117 heavy (non-hydrogen) atoms. The fourth-order valence-electron chi connectivity index (χ4n) is 9.39. The Labute approximate surface area is 689 Å². The summed E-state index contributed by atoms with van der Waals surface area (Å²) in [5, 5.41) is 16.8. The molecular formula is C102H106O15. The van der Waals surface area contributed by atoms with Gasteiger partial charge in [-0.15, -0.1) is 0 Å². The van der Waals surface area contributed by atoms with Crippen molar-refractivity contribution >= 4 is 78.8 Å². The van der Waals surface area contributed by atoms with E-state index in [1.54, 1.807) is 37.3 Å². The van der Waals surface area contributed by atoms with E-state index in [9.17, 15) is 38.4 Å². The van der Waals surface area contributed by atoms with Gasteiger partial charge in [-0.25, -0.2) is 14.4 Å². The predicted octanol–water partition coefficient (Wildman–Crippen LogP) is 21.1. The topological polar surface area (TPSA) is 223 Å². The summed E-state index contributed by atoms with van der Waals surface area (Å²) in [6, 6.07) is 107. The van der Waals surface area contributed by atoms with Gasteiger partial charge in [0, 0.05) is 43.9 Å². The molecular weight excluding hydrogens is 1470 g/mol. The van der Waals surface area contributed by atoms with Gasteiger partial charge in [-0.3, -0.25) is 19.2 Å². The second kappa shape index (κ2) is 67.7. The summed E-state index contributed by atoms with van der Waals surface area (Å²) in [4.78, 5) is 86.0. The number of aliphatic hydroxyl groups is 1. The first-order chi connectivity index (χ1) is 57.2. The second-order valence-corrected chi connectivity index (χ2v) is 24.5. The summed E-state index contributed by atoms with van der Waals surface area (Å²) in [5.41, 5.74) is 11.8. The lowest BCUT2D eigenvalue weighted by atomic mass is 10.1. The van der Waals surface area contributed by atoms with Gasteiger partial charge in [0.1, 0.15) is 25.8 Å². The molecule has 0 saturated carbocycles. The Morgan fingerprint density at radius 1 is 0.342 bits per heavy atom. The predicted molar refractivity (Wildman–Crippen MR) is 470 cm³/mol. The van der Waals surface area contributed by atoms with Crippen LogP contribution in [0.25, 0.3) is 30.4 Å². The van der Waals surface area contributed by atoms with Gasteiger partial charge in [0.05, 0.1) is 26.1 Å². The number of ether oxygens (including phenoxy) is 5. The van der Waals surface area contributed by atoms with Crippen LogP contribution < -0.4 is 0 Å². The molecule has 2 N–H and O–H groups in total. The highest BCUT2D eigenvalue weighted by molar-refractivity contribution is 5.88. The van der Waals surface area contributed by atoms with E-state index in [1.165, 1.54) is 35.4 Å². The van der Waals surface area contributed by atoms with Crippen LogP contribution in [-0.4, -0.2) is 78.4 Å². The third kappa shape index (κ3) is 55.1. The summed E-state index contributed by atoms with van der Waals surface area (Å²) in [6.45, 7) is 8.77. The second-order valence-electron chi connectivity index (χ2n) is 24.5.